The Balaban J connectivity index is 2.34. The van der Waals surface area contributed by atoms with Crippen LogP contribution in [0.25, 0.3) is 11.3 Å². The molecular weight excluding hydrogens is 268 g/mol. The molecule has 0 aromatic carbocycles. The lowest BCUT2D eigenvalue weighted by Gasteiger charge is -2.25. The average Bonchev–Trinajstić information content (AvgIpc) is 2.66. The zero-order chi connectivity index (χ0) is 15.6. The summed E-state index contributed by atoms with van der Waals surface area (Å²) >= 11 is 0. The third-order valence-corrected chi connectivity index (χ3v) is 3.26. The Morgan fingerprint density at radius 2 is 2.14 bits per heavy atom. The van der Waals surface area contributed by atoms with Crippen LogP contribution in [-0.4, -0.2) is 26.2 Å². The van der Waals surface area contributed by atoms with Crippen molar-refractivity contribution in [2.75, 3.05) is 0 Å². The quantitative estimate of drug-likeness (QED) is 0.936. The summed E-state index contributed by atoms with van der Waals surface area (Å²) in [7, 11) is 0. The normalized spacial score (nSPS) is 11.4. The van der Waals surface area contributed by atoms with Gasteiger partial charge in [-0.2, -0.15) is 0 Å². The van der Waals surface area contributed by atoms with E-state index in [-0.39, 0.29) is 0 Å². The smallest absolute Gasteiger partial charge is 0.405 e. The van der Waals surface area contributed by atoms with Gasteiger partial charge in [0.2, 0.25) is 0 Å². The van der Waals surface area contributed by atoms with E-state index in [0.29, 0.717) is 6.54 Å². The fraction of sp³-hybridized carbons (Fsp3) is 0.400. The van der Waals surface area contributed by atoms with E-state index in [1.807, 2.05) is 44.4 Å². The van der Waals surface area contributed by atoms with Gasteiger partial charge in [-0.25, -0.2) is 9.78 Å². The molecule has 0 saturated heterocycles. The average molecular weight is 288 g/mol. The molecule has 0 aliphatic carbocycles. The molecule has 2 N–H and O–H groups in total. The summed E-state index contributed by atoms with van der Waals surface area (Å²) in [6.07, 6.45) is 2.74. The number of ether oxygens (including phenoxy) is 1. The molecule has 21 heavy (non-hydrogen) atoms. The SMILES string of the molecule is Cc1nc(-c2cccnc2)c(C)n1CC(C)(C)OC(N)=O. The number of pyridine rings is 1. The van der Waals surface area contributed by atoms with Crippen molar-refractivity contribution in [1.29, 1.82) is 0 Å². The first-order valence-corrected chi connectivity index (χ1v) is 6.73. The van der Waals surface area contributed by atoms with Crippen molar-refractivity contribution in [2.24, 2.45) is 5.73 Å². The lowest BCUT2D eigenvalue weighted by Crippen LogP contribution is -2.35. The van der Waals surface area contributed by atoms with Gasteiger partial charge in [0.25, 0.3) is 0 Å². The largest absolute Gasteiger partial charge is 0.442 e. The highest BCUT2D eigenvalue weighted by Gasteiger charge is 2.25. The molecule has 1 amide bonds. The van der Waals surface area contributed by atoms with Gasteiger partial charge in [0.1, 0.15) is 11.4 Å². The summed E-state index contributed by atoms with van der Waals surface area (Å²) in [5, 5.41) is 0. The molecule has 6 nitrogen and oxygen atoms in total. The molecular formula is C15H20N4O2. The minimum Gasteiger partial charge on any atom is -0.442 e. The summed E-state index contributed by atoms with van der Waals surface area (Å²) in [5.41, 5.74) is 7.26. The highest BCUT2D eigenvalue weighted by atomic mass is 16.6. The highest BCUT2D eigenvalue weighted by molar-refractivity contribution is 5.65. The number of nitrogens with zero attached hydrogens (tertiary/aromatic N) is 3. The van der Waals surface area contributed by atoms with Crippen molar-refractivity contribution in [3.63, 3.8) is 0 Å². The highest BCUT2D eigenvalue weighted by Crippen LogP contribution is 2.25. The van der Waals surface area contributed by atoms with Crippen LogP contribution in [0.4, 0.5) is 4.79 Å². The first kappa shape index (κ1) is 15.0. The first-order chi connectivity index (χ1) is 9.80. The van der Waals surface area contributed by atoms with Crippen LogP contribution in [0.3, 0.4) is 0 Å². The third-order valence-electron chi connectivity index (χ3n) is 3.26. The standard InChI is InChI=1S/C15H20N4O2/c1-10-13(12-6-5-7-17-8-12)18-11(2)19(10)9-15(3,4)21-14(16)20/h5-8H,9H2,1-4H3,(H2,16,20). The second-order valence-electron chi connectivity index (χ2n) is 5.60. The van der Waals surface area contributed by atoms with Crippen LogP contribution in [-0.2, 0) is 11.3 Å². The van der Waals surface area contributed by atoms with E-state index >= 15 is 0 Å². The third kappa shape index (κ3) is 3.39. The molecule has 112 valence electrons. The number of hydrogen-bond donors (Lipinski definition) is 1. The minimum atomic E-state index is -0.775. The van der Waals surface area contributed by atoms with Gasteiger partial charge < -0.3 is 15.0 Å². The predicted molar refractivity (Wildman–Crippen MR) is 79.7 cm³/mol. The lowest BCUT2D eigenvalue weighted by atomic mass is 10.1. The van der Waals surface area contributed by atoms with Crippen molar-refractivity contribution in [1.82, 2.24) is 14.5 Å². The van der Waals surface area contributed by atoms with Crippen molar-refractivity contribution in [3.05, 3.63) is 36.0 Å². The summed E-state index contributed by atoms with van der Waals surface area (Å²) in [5.74, 6) is 0.854. The zero-order valence-electron chi connectivity index (χ0n) is 12.8. The van der Waals surface area contributed by atoms with E-state index in [1.54, 1.807) is 12.4 Å². The number of carbonyl (C=O) groups is 1. The Labute approximate surface area is 124 Å². The van der Waals surface area contributed by atoms with Gasteiger partial charge in [-0.05, 0) is 39.8 Å². The van der Waals surface area contributed by atoms with Crippen molar-refractivity contribution < 1.29 is 9.53 Å². The molecule has 0 saturated carbocycles. The Morgan fingerprint density at radius 3 is 2.71 bits per heavy atom. The number of nitrogens with two attached hydrogens (primary N) is 1. The van der Waals surface area contributed by atoms with Crippen LogP contribution in [0, 0.1) is 13.8 Å². The second kappa shape index (κ2) is 5.55. The first-order valence-electron chi connectivity index (χ1n) is 6.73. The topological polar surface area (TPSA) is 83.0 Å². The monoisotopic (exact) mass is 288 g/mol. The van der Waals surface area contributed by atoms with Crippen molar-refractivity contribution in [3.8, 4) is 11.3 Å². The van der Waals surface area contributed by atoms with Crippen molar-refractivity contribution in [2.45, 2.75) is 39.8 Å². The molecule has 2 rings (SSSR count). The van der Waals surface area contributed by atoms with Gasteiger partial charge in [-0.3, -0.25) is 4.98 Å². The number of imidazole rings is 1. The van der Waals surface area contributed by atoms with Crippen LogP contribution in [0.1, 0.15) is 25.4 Å². The molecule has 2 aromatic rings. The molecule has 0 bridgehead atoms. The Hall–Kier alpha value is -2.37. The number of primary amides is 1. The predicted octanol–water partition coefficient (Wildman–Crippen LogP) is 2.44. The van der Waals surface area contributed by atoms with E-state index in [1.165, 1.54) is 0 Å². The Bertz CT molecular complexity index is 647. The van der Waals surface area contributed by atoms with E-state index in [9.17, 15) is 4.79 Å². The molecule has 0 aliphatic rings. The molecule has 2 heterocycles. The number of aryl methyl sites for hydroxylation is 1. The number of carbonyl (C=O) groups excluding carboxylic acids is 1. The lowest BCUT2D eigenvalue weighted by molar-refractivity contribution is 0.0317. The number of aromatic nitrogens is 3. The van der Waals surface area contributed by atoms with E-state index in [4.69, 9.17) is 10.5 Å². The maximum absolute atomic E-state index is 11.0. The number of hydrogen-bond acceptors (Lipinski definition) is 4. The molecule has 0 unspecified atom stereocenters. The zero-order valence-corrected chi connectivity index (χ0v) is 12.8. The van der Waals surface area contributed by atoms with Crippen LogP contribution in [0.2, 0.25) is 0 Å². The molecule has 0 aliphatic heterocycles. The van der Waals surface area contributed by atoms with Gasteiger partial charge >= 0.3 is 6.09 Å². The van der Waals surface area contributed by atoms with Crippen LogP contribution < -0.4 is 5.73 Å². The molecule has 0 spiro atoms. The number of amides is 1. The summed E-state index contributed by atoms with van der Waals surface area (Å²) in [4.78, 5) is 19.7. The fourth-order valence-electron chi connectivity index (χ4n) is 2.37. The molecule has 0 fully saturated rings. The Morgan fingerprint density at radius 1 is 1.43 bits per heavy atom. The van der Waals surface area contributed by atoms with Gasteiger partial charge in [0.05, 0.1) is 12.2 Å². The minimum absolute atomic E-state index is 0.487. The summed E-state index contributed by atoms with van der Waals surface area (Å²) in [6.45, 7) is 8.04. The fourth-order valence-corrected chi connectivity index (χ4v) is 2.37. The van der Waals surface area contributed by atoms with Gasteiger partial charge in [-0.1, -0.05) is 0 Å². The van der Waals surface area contributed by atoms with E-state index in [2.05, 4.69) is 9.97 Å². The maximum Gasteiger partial charge on any atom is 0.405 e. The van der Waals surface area contributed by atoms with Gasteiger partial charge in [-0.15, -0.1) is 0 Å². The van der Waals surface area contributed by atoms with E-state index in [0.717, 1.165) is 22.8 Å². The number of rotatable bonds is 4. The van der Waals surface area contributed by atoms with Crippen LogP contribution >= 0.6 is 0 Å². The molecule has 6 heteroatoms. The van der Waals surface area contributed by atoms with Gasteiger partial charge in [0, 0.05) is 23.7 Å². The van der Waals surface area contributed by atoms with Crippen LogP contribution in [0.15, 0.2) is 24.5 Å². The molecule has 0 radical (unpaired) electrons. The van der Waals surface area contributed by atoms with E-state index < -0.39 is 11.7 Å². The summed E-state index contributed by atoms with van der Waals surface area (Å²) in [6, 6.07) is 3.85. The maximum atomic E-state index is 11.0. The van der Waals surface area contributed by atoms with Gasteiger partial charge in [0.15, 0.2) is 0 Å². The van der Waals surface area contributed by atoms with Crippen LogP contribution in [0.5, 0.6) is 0 Å². The Kier molecular flexibility index (Phi) is 3.97. The van der Waals surface area contributed by atoms with Crippen molar-refractivity contribution >= 4 is 6.09 Å². The molecule has 0 atom stereocenters. The summed E-state index contributed by atoms with van der Waals surface area (Å²) < 4.78 is 7.16. The molecule has 2 aromatic heterocycles. The second-order valence-corrected chi connectivity index (χ2v) is 5.60.